The van der Waals surface area contributed by atoms with Crippen LogP contribution in [-0.2, 0) is 0 Å². The van der Waals surface area contributed by atoms with Gasteiger partial charge in [-0.2, -0.15) is 0 Å². The standard InChI is InChI=1S/C16H11BrN4/c1-10-19-20-16-18-15(11-5-3-2-4-6-11)13-9-12(17)7-8-14(13)21(10)16/h2-9H,1H3. The van der Waals surface area contributed by atoms with Crippen LogP contribution in [0.3, 0.4) is 0 Å². The fraction of sp³-hybridized carbons (Fsp3) is 0.0625. The molecule has 4 nitrogen and oxygen atoms in total. The van der Waals surface area contributed by atoms with E-state index in [0.29, 0.717) is 5.78 Å². The van der Waals surface area contributed by atoms with E-state index in [4.69, 9.17) is 4.98 Å². The van der Waals surface area contributed by atoms with Crippen LogP contribution < -0.4 is 0 Å². The Morgan fingerprint density at radius 1 is 1.00 bits per heavy atom. The first-order valence-corrected chi connectivity index (χ1v) is 7.40. The number of benzene rings is 2. The molecule has 2 aromatic heterocycles. The van der Waals surface area contributed by atoms with E-state index in [2.05, 4.69) is 50.4 Å². The van der Waals surface area contributed by atoms with Crippen LogP contribution in [-0.4, -0.2) is 19.6 Å². The van der Waals surface area contributed by atoms with Gasteiger partial charge in [0.05, 0.1) is 11.2 Å². The molecule has 0 N–H and O–H groups in total. The second-order valence-corrected chi connectivity index (χ2v) is 5.79. The second kappa shape index (κ2) is 4.63. The van der Waals surface area contributed by atoms with Crippen molar-refractivity contribution in [1.82, 2.24) is 19.6 Å². The Labute approximate surface area is 129 Å². The predicted octanol–water partition coefficient (Wildman–Crippen LogP) is 4.02. The van der Waals surface area contributed by atoms with Crippen LogP contribution in [0.15, 0.2) is 53.0 Å². The minimum absolute atomic E-state index is 0.626. The van der Waals surface area contributed by atoms with Crippen molar-refractivity contribution < 1.29 is 0 Å². The monoisotopic (exact) mass is 338 g/mol. The molecule has 0 radical (unpaired) electrons. The Balaban J connectivity index is 2.21. The molecule has 0 spiro atoms. The van der Waals surface area contributed by atoms with E-state index >= 15 is 0 Å². The number of hydrogen-bond acceptors (Lipinski definition) is 3. The van der Waals surface area contributed by atoms with Crippen molar-refractivity contribution in [3.8, 4) is 11.3 Å². The van der Waals surface area contributed by atoms with Gasteiger partial charge < -0.3 is 0 Å². The molecule has 0 saturated carbocycles. The molecule has 2 aromatic carbocycles. The van der Waals surface area contributed by atoms with E-state index in [9.17, 15) is 0 Å². The van der Waals surface area contributed by atoms with Crippen LogP contribution in [0, 0.1) is 6.92 Å². The minimum Gasteiger partial charge on any atom is -0.263 e. The lowest BCUT2D eigenvalue weighted by Gasteiger charge is -2.09. The smallest absolute Gasteiger partial charge is 0.256 e. The Morgan fingerprint density at radius 2 is 1.81 bits per heavy atom. The fourth-order valence-corrected chi connectivity index (χ4v) is 2.94. The molecule has 0 aliphatic heterocycles. The van der Waals surface area contributed by atoms with Gasteiger partial charge in [0.1, 0.15) is 5.82 Å². The lowest BCUT2D eigenvalue weighted by Crippen LogP contribution is -1.97. The Hall–Kier alpha value is -2.27. The Kier molecular flexibility index (Phi) is 2.75. The zero-order valence-corrected chi connectivity index (χ0v) is 12.9. The molecule has 0 bridgehead atoms. The van der Waals surface area contributed by atoms with Gasteiger partial charge in [-0.3, -0.25) is 4.40 Å². The Bertz CT molecular complexity index is 960. The van der Waals surface area contributed by atoms with E-state index in [1.54, 1.807) is 0 Å². The average Bonchev–Trinajstić information content (AvgIpc) is 2.88. The van der Waals surface area contributed by atoms with Gasteiger partial charge in [0.2, 0.25) is 0 Å². The molecule has 4 aromatic rings. The summed E-state index contributed by atoms with van der Waals surface area (Å²) in [6.07, 6.45) is 0. The highest BCUT2D eigenvalue weighted by Crippen LogP contribution is 2.30. The molecule has 4 rings (SSSR count). The lowest BCUT2D eigenvalue weighted by atomic mass is 10.1. The van der Waals surface area contributed by atoms with Gasteiger partial charge in [0, 0.05) is 15.4 Å². The molecule has 2 heterocycles. The summed E-state index contributed by atoms with van der Waals surface area (Å²) in [4.78, 5) is 4.70. The van der Waals surface area contributed by atoms with Crippen molar-refractivity contribution in [2.75, 3.05) is 0 Å². The summed E-state index contributed by atoms with van der Waals surface area (Å²) in [5, 5.41) is 9.38. The van der Waals surface area contributed by atoms with Crippen LogP contribution in [0.5, 0.6) is 0 Å². The average molecular weight is 339 g/mol. The number of rotatable bonds is 1. The largest absolute Gasteiger partial charge is 0.263 e. The number of nitrogens with zero attached hydrogens (tertiary/aromatic N) is 4. The van der Waals surface area contributed by atoms with Crippen molar-refractivity contribution in [2.45, 2.75) is 6.92 Å². The molecule has 0 unspecified atom stereocenters. The zero-order chi connectivity index (χ0) is 14.4. The molecule has 0 aliphatic rings. The molecule has 21 heavy (non-hydrogen) atoms. The van der Waals surface area contributed by atoms with Gasteiger partial charge in [-0.05, 0) is 25.1 Å². The van der Waals surface area contributed by atoms with E-state index in [0.717, 1.165) is 32.5 Å². The van der Waals surface area contributed by atoms with Gasteiger partial charge in [0.25, 0.3) is 5.78 Å². The first kappa shape index (κ1) is 12.5. The summed E-state index contributed by atoms with van der Waals surface area (Å²) < 4.78 is 3.01. The van der Waals surface area contributed by atoms with Crippen LogP contribution in [0.4, 0.5) is 0 Å². The maximum atomic E-state index is 4.70. The highest BCUT2D eigenvalue weighted by molar-refractivity contribution is 9.10. The zero-order valence-electron chi connectivity index (χ0n) is 11.3. The topological polar surface area (TPSA) is 43.1 Å². The van der Waals surface area contributed by atoms with Gasteiger partial charge in [0.15, 0.2) is 0 Å². The highest BCUT2D eigenvalue weighted by atomic mass is 79.9. The fourth-order valence-electron chi connectivity index (χ4n) is 2.57. The molecule has 0 aliphatic carbocycles. The summed E-state index contributed by atoms with van der Waals surface area (Å²) in [6, 6.07) is 16.3. The maximum Gasteiger partial charge on any atom is 0.256 e. The van der Waals surface area contributed by atoms with E-state index in [1.165, 1.54) is 0 Å². The Morgan fingerprint density at radius 3 is 2.62 bits per heavy atom. The molecular formula is C16H11BrN4. The van der Waals surface area contributed by atoms with Crippen molar-refractivity contribution in [1.29, 1.82) is 0 Å². The minimum atomic E-state index is 0.626. The van der Waals surface area contributed by atoms with Crippen molar-refractivity contribution >= 4 is 32.6 Å². The third-order valence-corrected chi connectivity index (χ3v) is 4.01. The van der Waals surface area contributed by atoms with Crippen molar-refractivity contribution in [3.63, 3.8) is 0 Å². The molecule has 0 amide bonds. The summed E-state index contributed by atoms with van der Waals surface area (Å²) >= 11 is 3.54. The molecular weight excluding hydrogens is 328 g/mol. The van der Waals surface area contributed by atoms with E-state index < -0.39 is 0 Å². The van der Waals surface area contributed by atoms with E-state index in [-0.39, 0.29) is 0 Å². The van der Waals surface area contributed by atoms with Crippen molar-refractivity contribution in [3.05, 3.63) is 58.8 Å². The number of halogens is 1. The summed E-state index contributed by atoms with van der Waals surface area (Å²) in [7, 11) is 0. The van der Waals surface area contributed by atoms with Crippen LogP contribution in [0.25, 0.3) is 27.9 Å². The molecule has 0 atom stereocenters. The number of aryl methyl sites for hydroxylation is 1. The lowest BCUT2D eigenvalue weighted by molar-refractivity contribution is 1.02. The normalized spacial score (nSPS) is 11.3. The van der Waals surface area contributed by atoms with Gasteiger partial charge in [-0.1, -0.05) is 46.3 Å². The highest BCUT2D eigenvalue weighted by Gasteiger charge is 2.13. The van der Waals surface area contributed by atoms with Gasteiger partial charge >= 0.3 is 0 Å². The first-order chi connectivity index (χ1) is 10.2. The maximum absolute atomic E-state index is 4.70. The summed E-state index contributed by atoms with van der Waals surface area (Å²) in [5.74, 6) is 1.46. The number of aromatic nitrogens is 4. The molecule has 102 valence electrons. The van der Waals surface area contributed by atoms with Gasteiger partial charge in [-0.15, -0.1) is 10.2 Å². The summed E-state index contributed by atoms with van der Waals surface area (Å²) in [6.45, 7) is 1.94. The van der Waals surface area contributed by atoms with Crippen LogP contribution in [0.2, 0.25) is 0 Å². The first-order valence-electron chi connectivity index (χ1n) is 6.60. The van der Waals surface area contributed by atoms with E-state index in [1.807, 2.05) is 35.6 Å². The predicted molar refractivity (Wildman–Crippen MR) is 86.2 cm³/mol. The van der Waals surface area contributed by atoms with Crippen LogP contribution >= 0.6 is 15.9 Å². The second-order valence-electron chi connectivity index (χ2n) is 4.87. The molecule has 0 saturated heterocycles. The summed E-state index contributed by atoms with van der Waals surface area (Å²) in [5.41, 5.74) is 3.06. The van der Waals surface area contributed by atoms with Gasteiger partial charge in [-0.25, -0.2) is 4.98 Å². The number of fused-ring (bicyclic) bond motifs is 3. The molecule has 5 heteroatoms. The quantitative estimate of drug-likeness (QED) is 0.526. The number of hydrogen-bond donors (Lipinski definition) is 0. The third-order valence-electron chi connectivity index (χ3n) is 3.52. The third kappa shape index (κ3) is 1.93. The molecule has 0 fully saturated rings. The van der Waals surface area contributed by atoms with Crippen LogP contribution in [0.1, 0.15) is 5.82 Å². The SMILES string of the molecule is Cc1nnc2nc(-c3ccccc3)c3cc(Br)ccc3n12. The van der Waals surface area contributed by atoms with Crippen molar-refractivity contribution in [2.24, 2.45) is 0 Å².